The van der Waals surface area contributed by atoms with Gasteiger partial charge in [-0.3, -0.25) is 9.59 Å². The Bertz CT molecular complexity index is 890. The minimum Gasteiger partial charge on any atom is -0.369 e. The highest BCUT2D eigenvalue weighted by molar-refractivity contribution is 5.79. The third-order valence-electron chi connectivity index (χ3n) is 6.48. The van der Waals surface area contributed by atoms with Crippen LogP contribution in [0.15, 0.2) is 47.4 Å². The minimum absolute atomic E-state index is 0.0194. The maximum absolute atomic E-state index is 12.7. The molecule has 30 heavy (non-hydrogen) atoms. The lowest BCUT2D eigenvalue weighted by Gasteiger charge is -2.33. The molecule has 1 N–H and O–H groups in total. The lowest BCUT2D eigenvalue weighted by atomic mass is 9.89. The number of nitrogens with one attached hydrogen (secondary N) is 1. The van der Waals surface area contributed by atoms with E-state index in [9.17, 15) is 9.59 Å². The molecule has 0 bridgehead atoms. The van der Waals surface area contributed by atoms with Crippen molar-refractivity contribution in [1.29, 1.82) is 0 Å². The summed E-state index contributed by atoms with van der Waals surface area (Å²) in [5.41, 5.74) is 1.75. The summed E-state index contributed by atoms with van der Waals surface area (Å²) in [5.74, 6) is 0.786. The third-order valence-corrected chi connectivity index (χ3v) is 6.48. The van der Waals surface area contributed by atoms with Crippen LogP contribution in [0.5, 0.6) is 0 Å². The maximum Gasteiger partial charge on any atom is 0.269 e. The van der Waals surface area contributed by atoms with E-state index in [1.165, 1.54) is 36.8 Å². The summed E-state index contributed by atoms with van der Waals surface area (Å²) in [7, 11) is 0. The van der Waals surface area contributed by atoms with Gasteiger partial charge in [-0.2, -0.15) is 5.10 Å². The summed E-state index contributed by atoms with van der Waals surface area (Å²) in [6.45, 7) is 2.79. The number of carbonyl (C=O) groups is 1. The van der Waals surface area contributed by atoms with Gasteiger partial charge in [0.1, 0.15) is 0 Å². The Morgan fingerprint density at radius 2 is 1.87 bits per heavy atom. The molecule has 1 unspecified atom stereocenters. The molecule has 1 aliphatic heterocycles. The summed E-state index contributed by atoms with van der Waals surface area (Å²) < 4.78 is 1.48. The molecule has 1 aromatic heterocycles. The van der Waals surface area contributed by atoms with Gasteiger partial charge in [-0.05, 0) is 37.2 Å². The van der Waals surface area contributed by atoms with Crippen LogP contribution in [0.2, 0.25) is 0 Å². The highest BCUT2D eigenvalue weighted by atomic mass is 16.2. The first-order valence-corrected chi connectivity index (χ1v) is 11.3. The zero-order valence-electron chi connectivity index (χ0n) is 17.6. The molecule has 2 heterocycles. The van der Waals surface area contributed by atoms with Crippen molar-refractivity contribution in [2.45, 2.75) is 51.5 Å². The summed E-state index contributed by atoms with van der Waals surface area (Å²) in [6.07, 6.45) is 10.0. The fourth-order valence-electron chi connectivity index (χ4n) is 4.68. The number of hydrogen-bond acceptors (Lipinski definition) is 4. The van der Waals surface area contributed by atoms with Gasteiger partial charge in [-0.25, -0.2) is 4.68 Å². The lowest BCUT2D eigenvalue weighted by Crippen LogP contribution is -2.44. The SMILES string of the molecule is O=C(NCC1CCCCC1)C1CCCN(c2cnn(Cc3ccccc3)c(=O)c2)C1. The van der Waals surface area contributed by atoms with Crippen LogP contribution in [0.4, 0.5) is 5.69 Å². The lowest BCUT2D eigenvalue weighted by molar-refractivity contribution is -0.125. The number of amides is 1. The molecule has 1 aliphatic carbocycles. The predicted octanol–water partition coefficient (Wildman–Crippen LogP) is 3.20. The number of piperidine rings is 1. The summed E-state index contributed by atoms with van der Waals surface area (Å²) in [4.78, 5) is 27.4. The van der Waals surface area contributed by atoms with Crippen LogP contribution in [0.1, 0.15) is 50.5 Å². The average molecular weight is 409 g/mol. The van der Waals surface area contributed by atoms with Gasteiger partial charge in [-0.1, -0.05) is 49.6 Å². The van der Waals surface area contributed by atoms with Gasteiger partial charge in [-0.15, -0.1) is 0 Å². The number of anilines is 1. The van der Waals surface area contributed by atoms with E-state index in [1.54, 1.807) is 12.3 Å². The average Bonchev–Trinajstić information content (AvgIpc) is 2.80. The first-order valence-electron chi connectivity index (χ1n) is 11.3. The zero-order valence-corrected chi connectivity index (χ0v) is 17.6. The second-order valence-electron chi connectivity index (χ2n) is 8.73. The van der Waals surface area contributed by atoms with Crippen LogP contribution in [0.25, 0.3) is 0 Å². The molecule has 2 aromatic rings. The Kier molecular flexibility index (Phi) is 6.82. The second-order valence-corrected chi connectivity index (χ2v) is 8.73. The molecule has 6 heteroatoms. The van der Waals surface area contributed by atoms with Crippen LogP contribution in [-0.4, -0.2) is 35.3 Å². The molecule has 0 spiro atoms. The van der Waals surface area contributed by atoms with E-state index in [2.05, 4.69) is 15.3 Å². The minimum atomic E-state index is -0.111. The van der Waals surface area contributed by atoms with Gasteiger partial charge < -0.3 is 10.2 Å². The van der Waals surface area contributed by atoms with Crippen LogP contribution >= 0.6 is 0 Å². The molecule has 0 radical (unpaired) electrons. The van der Waals surface area contributed by atoms with Gasteiger partial charge >= 0.3 is 0 Å². The number of nitrogens with zero attached hydrogens (tertiary/aromatic N) is 3. The van der Waals surface area contributed by atoms with Crippen LogP contribution < -0.4 is 15.8 Å². The Labute approximate surface area is 178 Å². The molecule has 6 nitrogen and oxygen atoms in total. The Morgan fingerprint density at radius 3 is 2.63 bits per heavy atom. The van der Waals surface area contributed by atoms with Crippen molar-refractivity contribution in [3.63, 3.8) is 0 Å². The molecule has 4 rings (SSSR count). The third kappa shape index (κ3) is 5.29. The van der Waals surface area contributed by atoms with Crippen molar-refractivity contribution in [2.24, 2.45) is 11.8 Å². The van der Waals surface area contributed by atoms with Crippen molar-refractivity contribution < 1.29 is 4.79 Å². The first-order chi connectivity index (χ1) is 14.7. The Balaban J connectivity index is 1.35. The highest BCUT2D eigenvalue weighted by Crippen LogP contribution is 2.24. The van der Waals surface area contributed by atoms with Crippen LogP contribution in [0, 0.1) is 11.8 Å². The van der Waals surface area contributed by atoms with E-state index in [0.29, 0.717) is 19.0 Å². The van der Waals surface area contributed by atoms with Crippen LogP contribution in [0.3, 0.4) is 0 Å². The summed E-state index contributed by atoms with van der Waals surface area (Å²) in [6, 6.07) is 11.5. The Hall–Kier alpha value is -2.63. The van der Waals surface area contributed by atoms with Gasteiger partial charge in [0.05, 0.1) is 24.3 Å². The summed E-state index contributed by atoms with van der Waals surface area (Å²) >= 11 is 0. The molecule has 2 fully saturated rings. The zero-order chi connectivity index (χ0) is 20.8. The van der Waals surface area contributed by atoms with Crippen molar-refractivity contribution in [3.8, 4) is 0 Å². The number of rotatable bonds is 6. The molecule has 1 amide bonds. The molecule has 1 atom stereocenters. The van der Waals surface area contributed by atoms with Crippen molar-refractivity contribution in [3.05, 3.63) is 58.5 Å². The molecule has 160 valence electrons. The van der Waals surface area contributed by atoms with E-state index in [4.69, 9.17) is 0 Å². The van der Waals surface area contributed by atoms with E-state index in [1.807, 2.05) is 30.3 Å². The van der Waals surface area contributed by atoms with Gasteiger partial charge in [0.25, 0.3) is 5.56 Å². The molecular formula is C24H32N4O2. The normalized spacial score (nSPS) is 20.1. The standard InChI is InChI=1S/C24H32N4O2/c29-23-14-22(16-26-28(23)17-20-10-5-2-6-11-20)27-13-7-12-21(18-27)24(30)25-15-19-8-3-1-4-9-19/h2,5-6,10-11,14,16,19,21H,1,3-4,7-9,12-13,15,17-18H2,(H,25,30). The molecular weight excluding hydrogens is 376 g/mol. The number of carbonyl (C=O) groups excluding carboxylic acids is 1. The van der Waals surface area contributed by atoms with Crippen molar-refractivity contribution >= 4 is 11.6 Å². The molecule has 1 aromatic carbocycles. The van der Waals surface area contributed by atoms with E-state index in [-0.39, 0.29) is 17.4 Å². The fraction of sp³-hybridized carbons (Fsp3) is 0.542. The quantitative estimate of drug-likeness (QED) is 0.797. The smallest absolute Gasteiger partial charge is 0.269 e. The fourth-order valence-corrected chi connectivity index (χ4v) is 4.68. The van der Waals surface area contributed by atoms with E-state index in [0.717, 1.165) is 37.2 Å². The first kappa shape index (κ1) is 20.6. The van der Waals surface area contributed by atoms with Gasteiger partial charge in [0, 0.05) is 25.7 Å². The largest absolute Gasteiger partial charge is 0.369 e. The topological polar surface area (TPSA) is 67.2 Å². The predicted molar refractivity (Wildman–Crippen MR) is 119 cm³/mol. The monoisotopic (exact) mass is 408 g/mol. The van der Waals surface area contributed by atoms with E-state index >= 15 is 0 Å². The number of benzene rings is 1. The van der Waals surface area contributed by atoms with Crippen molar-refractivity contribution in [1.82, 2.24) is 15.1 Å². The molecule has 2 aliphatic rings. The van der Waals surface area contributed by atoms with Gasteiger partial charge in [0.2, 0.25) is 5.91 Å². The summed E-state index contributed by atoms with van der Waals surface area (Å²) in [5, 5.41) is 7.57. The number of hydrogen-bond donors (Lipinski definition) is 1. The number of aromatic nitrogens is 2. The molecule has 1 saturated heterocycles. The van der Waals surface area contributed by atoms with Crippen molar-refractivity contribution in [2.75, 3.05) is 24.5 Å². The molecule has 1 saturated carbocycles. The maximum atomic E-state index is 12.7. The Morgan fingerprint density at radius 1 is 1.07 bits per heavy atom. The van der Waals surface area contributed by atoms with Gasteiger partial charge in [0.15, 0.2) is 0 Å². The second kappa shape index (κ2) is 9.92. The van der Waals surface area contributed by atoms with E-state index < -0.39 is 0 Å². The highest BCUT2D eigenvalue weighted by Gasteiger charge is 2.27. The van der Waals surface area contributed by atoms with Crippen LogP contribution in [-0.2, 0) is 11.3 Å².